The first-order valence-corrected chi connectivity index (χ1v) is 23.3. The number of benzene rings is 10. The fraction of sp³-hybridized carbons (Fsp3) is 0. The van der Waals surface area contributed by atoms with Gasteiger partial charge in [-0.25, -0.2) is 4.98 Å². The Kier molecular flexibility index (Phi) is 8.79. The van der Waals surface area contributed by atoms with Gasteiger partial charge < -0.3 is 8.98 Å². The largest absolute Gasteiger partial charge is 0.456 e. The van der Waals surface area contributed by atoms with Crippen LogP contribution in [0.4, 0.5) is 0 Å². The molecule has 0 N–H and O–H groups in total. The Morgan fingerprint density at radius 1 is 0.304 bits per heavy atom. The molecule has 10 aromatic carbocycles. The van der Waals surface area contributed by atoms with Gasteiger partial charge in [0.15, 0.2) is 11.6 Å². The fourth-order valence-corrected chi connectivity index (χ4v) is 10.5. The van der Waals surface area contributed by atoms with Gasteiger partial charge in [0, 0.05) is 49.1 Å². The summed E-state index contributed by atoms with van der Waals surface area (Å²) in [5, 5.41) is 6.64. The number of fused-ring (bicyclic) bond motifs is 10. The summed E-state index contributed by atoms with van der Waals surface area (Å²) in [6.45, 7) is 0. The van der Waals surface area contributed by atoms with Crippen LogP contribution in [0, 0.1) is 0 Å². The molecular weight excluding hydrogens is 843 g/mol. The van der Waals surface area contributed by atoms with E-state index in [0.717, 1.165) is 105 Å². The minimum Gasteiger partial charge on any atom is -0.456 e. The second-order valence-corrected chi connectivity index (χ2v) is 17.5. The molecule has 0 spiro atoms. The standard InChI is InChI=1S/C63H39N5O/c1-4-17-40(18-5-1)41-31-34-45(35-32-41)67-54-28-14-12-24-48(54)50-37-38-51-49-25-13-15-29-55(49)68(60(51)59(50)67)63-65-61(64-62(66-63)52-26-11-10-23-46(52)42-19-6-2-7-20-42)44-33-36-53-57(39-44)69-56-30-16-27-47(58(53)56)43-21-8-3-9-22-43/h1-39H. The van der Waals surface area contributed by atoms with Crippen molar-refractivity contribution in [1.29, 1.82) is 0 Å². The number of hydrogen-bond acceptors (Lipinski definition) is 4. The van der Waals surface area contributed by atoms with Gasteiger partial charge in [-0.05, 0) is 75.8 Å². The van der Waals surface area contributed by atoms with Gasteiger partial charge in [-0.2, -0.15) is 9.97 Å². The Hall–Kier alpha value is -9.39. The predicted molar refractivity (Wildman–Crippen MR) is 283 cm³/mol. The van der Waals surface area contributed by atoms with Crippen molar-refractivity contribution >= 4 is 65.6 Å². The lowest BCUT2D eigenvalue weighted by molar-refractivity contribution is 0.669. The Bertz CT molecular complexity index is 4280. The van der Waals surface area contributed by atoms with Gasteiger partial charge in [0.2, 0.25) is 5.95 Å². The van der Waals surface area contributed by atoms with Gasteiger partial charge in [0.05, 0.1) is 22.1 Å². The summed E-state index contributed by atoms with van der Waals surface area (Å²) >= 11 is 0. The summed E-state index contributed by atoms with van der Waals surface area (Å²) in [7, 11) is 0. The zero-order chi connectivity index (χ0) is 45.4. The molecule has 0 aliphatic carbocycles. The fourth-order valence-electron chi connectivity index (χ4n) is 10.5. The van der Waals surface area contributed by atoms with Crippen LogP contribution in [-0.4, -0.2) is 24.1 Å². The van der Waals surface area contributed by atoms with Crippen molar-refractivity contribution in [3.63, 3.8) is 0 Å². The molecule has 0 bridgehead atoms. The topological polar surface area (TPSA) is 61.7 Å². The monoisotopic (exact) mass is 881 g/mol. The predicted octanol–water partition coefficient (Wildman–Crippen LogP) is 16.3. The van der Waals surface area contributed by atoms with E-state index in [2.05, 4.69) is 228 Å². The minimum absolute atomic E-state index is 0.517. The molecule has 69 heavy (non-hydrogen) atoms. The number of nitrogens with zero attached hydrogens (tertiary/aromatic N) is 5. The van der Waals surface area contributed by atoms with Gasteiger partial charge in [0.25, 0.3) is 0 Å². The average Bonchev–Trinajstić information content (AvgIpc) is 4.09. The Labute approximate surface area is 396 Å². The highest BCUT2D eigenvalue weighted by molar-refractivity contribution is 6.24. The summed E-state index contributed by atoms with van der Waals surface area (Å²) in [6.07, 6.45) is 0. The number of hydrogen-bond donors (Lipinski definition) is 0. The quantitative estimate of drug-likeness (QED) is 0.160. The lowest BCUT2D eigenvalue weighted by Crippen LogP contribution is -2.07. The average molecular weight is 882 g/mol. The molecule has 0 unspecified atom stereocenters. The lowest BCUT2D eigenvalue weighted by Gasteiger charge is -2.15. The van der Waals surface area contributed by atoms with Crippen molar-refractivity contribution in [3.05, 3.63) is 237 Å². The molecule has 0 fully saturated rings. The smallest absolute Gasteiger partial charge is 0.238 e. The molecule has 0 saturated heterocycles. The van der Waals surface area contributed by atoms with E-state index in [-0.39, 0.29) is 0 Å². The minimum atomic E-state index is 0.517. The lowest BCUT2D eigenvalue weighted by atomic mass is 9.99. The second kappa shape index (κ2) is 15.6. The molecule has 0 amide bonds. The Morgan fingerprint density at radius 2 is 0.812 bits per heavy atom. The van der Waals surface area contributed by atoms with Gasteiger partial charge in [-0.15, -0.1) is 0 Å². The zero-order valence-electron chi connectivity index (χ0n) is 37.2. The molecule has 4 heterocycles. The van der Waals surface area contributed by atoms with Crippen LogP contribution in [0.3, 0.4) is 0 Å². The molecule has 6 nitrogen and oxygen atoms in total. The summed E-state index contributed by atoms with van der Waals surface area (Å²) in [5.41, 5.74) is 15.3. The van der Waals surface area contributed by atoms with Crippen molar-refractivity contribution in [2.75, 3.05) is 0 Å². The molecule has 322 valence electrons. The summed E-state index contributed by atoms with van der Waals surface area (Å²) in [4.78, 5) is 16.4. The van der Waals surface area contributed by atoms with Crippen LogP contribution in [0.25, 0.3) is 133 Å². The van der Waals surface area contributed by atoms with E-state index in [9.17, 15) is 0 Å². The van der Waals surface area contributed by atoms with Crippen LogP contribution in [-0.2, 0) is 0 Å². The molecule has 4 aromatic heterocycles. The Morgan fingerprint density at radius 3 is 1.51 bits per heavy atom. The highest BCUT2D eigenvalue weighted by Crippen LogP contribution is 2.43. The molecule has 14 aromatic rings. The summed E-state index contributed by atoms with van der Waals surface area (Å²) < 4.78 is 11.3. The third kappa shape index (κ3) is 6.23. The van der Waals surface area contributed by atoms with E-state index in [1.54, 1.807) is 0 Å². The maximum atomic E-state index is 6.67. The molecule has 0 aliphatic heterocycles. The highest BCUT2D eigenvalue weighted by atomic mass is 16.3. The third-order valence-electron chi connectivity index (χ3n) is 13.6. The first-order valence-electron chi connectivity index (χ1n) is 23.3. The van der Waals surface area contributed by atoms with Gasteiger partial charge in [-0.1, -0.05) is 194 Å². The molecule has 0 atom stereocenters. The molecular formula is C63H39N5O. The van der Waals surface area contributed by atoms with Gasteiger partial charge in [0.1, 0.15) is 11.2 Å². The van der Waals surface area contributed by atoms with Crippen LogP contribution < -0.4 is 0 Å². The van der Waals surface area contributed by atoms with E-state index in [1.807, 2.05) is 18.2 Å². The van der Waals surface area contributed by atoms with E-state index in [4.69, 9.17) is 19.4 Å². The zero-order valence-corrected chi connectivity index (χ0v) is 37.2. The van der Waals surface area contributed by atoms with Crippen molar-refractivity contribution in [2.24, 2.45) is 0 Å². The second-order valence-electron chi connectivity index (χ2n) is 17.5. The van der Waals surface area contributed by atoms with Crippen LogP contribution in [0.5, 0.6) is 0 Å². The first-order chi connectivity index (χ1) is 34.2. The van der Waals surface area contributed by atoms with E-state index < -0.39 is 0 Å². The molecule has 14 rings (SSSR count). The third-order valence-corrected chi connectivity index (χ3v) is 13.6. The normalized spacial score (nSPS) is 11.8. The first kappa shape index (κ1) is 38.8. The summed E-state index contributed by atoms with van der Waals surface area (Å²) in [5.74, 6) is 1.63. The molecule has 0 radical (unpaired) electrons. The number of aromatic nitrogens is 5. The number of para-hydroxylation sites is 2. The molecule has 6 heteroatoms. The molecule has 0 saturated carbocycles. The summed E-state index contributed by atoms with van der Waals surface area (Å²) in [6, 6.07) is 83.2. The number of rotatable bonds is 7. The Balaban J connectivity index is 1.05. The van der Waals surface area contributed by atoms with Crippen LogP contribution >= 0.6 is 0 Å². The molecule has 0 aliphatic rings. The van der Waals surface area contributed by atoms with E-state index >= 15 is 0 Å². The van der Waals surface area contributed by atoms with Crippen molar-refractivity contribution in [3.8, 4) is 67.8 Å². The van der Waals surface area contributed by atoms with Crippen LogP contribution in [0.2, 0.25) is 0 Å². The van der Waals surface area contributed by atoms with E-state index in [0.29, 0.717) is 17.6 Å². The van der Waals surface area contributed by atoms with Crippen LogP contribution in [0.1, 0.15) is 0 Å². The van der Waals surface area contributed by atoms with Gasteiger partial charge >= 0.3 is 0 Å². The number of furan rings is 1. The van der Waals surface area contributed by atoms with Gasteiger partial charge in [-0.3, -0.25) is 4.57 Å². The SMILES string of the molecule is c1ccc(-c2ccc(-n3c4ccccc4c4ccc5c6ccccc6n(-c6nc(-c7ccc8c(c7)oc7cccc(-c9ccccc9)c78)nc(-c7ccccc7-c7ccccc7)n6)c5c43)cc2)cc1. The van der Waals surface area contributed by atoms with Crippen molar-refractivity contribution in [2.45, 2.75) is 0 Å². The van der Waals surface area contributed by atoms with E-state index in [1.165, 1.54) is 10.9 Å². The highest BCUT2D eigenvalue weighted by Gasteiger charge is 2.25. The maximum Gasteiger partial charge on any atom is 0.238 e. The van der Waals surface area contributed by atoms with Crippen molar-refractivity contribution in [1.82, 2.24) is 24.1 Å². The maximum absolute atomic E-state index is 6.67. The van der Waals surface area contributed by atoms with Crippen molar-refractivity contribution < 1.29 is 4.42 Å². The van der Waals surface area contributed by atoms with Crippen LogP contribution in [0.15, 0.2) is 241 Å².